The smallest absolute Gasteiger partial charge is 0.0576 e. The third-order valence-corrected chi connectivity index (χ3v) is 3.38. The van der Waals surface area contributed by atoms with Gasteiger partial charge in [-0.3, -0.25) is 0 Å². The predicted octanol–water partition coefficient (Wildman–Crippen LogP) is 0.740. The van der Waals surface area contributed by atoms with Gasteiger partial charge >= 0.3 is 0 Å². The van der Waals surface area contributed by atoms with Gasteiger partial charge < -0.3 is 10.6 Å². The Hall–Kier alpha value is -0.520. The highest BCUT2D eigenvalue weighted by molar-refractivity contribution is 4.96. The normalized spacial score (nSPS) is 38.2. The molecule has 2 fully saturated rings. The minimum Gasteiger partial charge on any atom is -0.312 e. The lowest BCUT2D eigenvalue weighted by molar-refractivity contribution is 0.181. The Balaban J connectivity index is 1.87. The van der Waals surface area contributed by atoms with E-state index in [0.29, 0.717) is 18.6 Å². The molecule has 2 aliphatic rings. The van der Waals surface area contributed by atoms with Crippen molar-refractivity contribution in [1.29, 1.82) is 0 Å². The van der Waals surface area contributed by atoms with Gasteiger partial charge in [0.15, 0.2) is 0 Å². The van der Waals surface area contributed by atoms with Crippen LogP contribution in [0.3, 0.4) is 0 Å². The first-order valence-corrected chi connectivity index (χ1v) is 5.30. The molecule has 13 heavy (non-hydrogen) atoms. The van der Waals surface area contributed by atoms with Crippen molar-refractivity contribution >= 4 is 0 Å². The van der Waals surface area contributed by atoms with E-state index in [1.165, 1.54) is 32.2 Å². The van der Waals surface area contributed by atoms with E-state index < -0.39 is 0 Å². The zero-order valence-electron chi connectivity index (χ0n) is 8.05. The summed E-state index contributed by atoms with van der Waals surface area (Å²) in [5.41, 5.74) is 0. The van der Waals surface area contributed by atoms with E-state index in [0.717, 1.165) is 5.92 Å². The van der Waals surface area contributed by atoms with Crippen molar-refractivity contribution in [3.05, 3.63) is 0 Å². The van der Waals surface area contributed by atoms with E-state index in [4.69, 9.17) is 6.42 Å². The Bertz CT molecular complexity index is 207. The summed E-state index contributed by atoms with van der Waals surface area (Å²) in [5.74, 6) is 3.63. The van der Waals surface area contributed by atoms with Crippen LogP contribution in [0.25, 0.3) is 0 Å². The largest absolute Gasteiger partial charge is 0.312 e. The van der Waals surface area contributed by atoms with E-state index in [1.807, 2.05) is 0 Å². The van der Waals surface area contributed by atoms with Crippen LogP contribution in [0.4, 0.5) is 0 Å². The van der Waals surface area contributed by atoms with Crippen molar-refractivity contribution in [3.8, 4) is 12.3 Å². The second-order valence-electron chi connectivity index (χ2n) is 4.22. The minimum absolute atomic E-state index is 0.618. The lowest BCUT2D eigenvalue weighted by Gasteiger charge is -2.41. The van der Waals surface area contributed by atoms with Gasteiger partial charge in [-0.2, -0.15) is 0 Å². The summed E-state index contributed by atoms with van der Waals surface area (Å²) < 4.78 is 0. The molecule has 2 heteroatoms. The summed E-state index contributed by atoms with van der Waals surface area (Å²) in [7, 11) is 0. The minimum atomic E-state index is 0.618. The van der Waals surface area contributed by atoms with Crippen LogP contribution >= 0.6 is 0 Å². The summed E-state index contributed by atoms with van der Waals surface area (Å²) in [6, 6.07) is 1.30. The number of piperidine rings is 1. The average molecular weight is 178 g/mol. The quantitative estimate of drug-likeness (QED) is 0.609. The zero-order valence-corrected chi connectivity index (χ0v) is 8.05. The number of hydrogen-bond donors (Lipinski definition) is 2. The molecule has 1 saturated carbocycles. The fraction of sp³-hybridized carbons (Fsp3) is 0.818. The van der Waals surface area contributed by atoms with Gasteiger partial charge in [0.2, 0.25) is 0 Å². The molecule has 0 aromatic heterocycles. The van der Waals surface area contributed by atoms with Crippen molar-refractivity contribution in [2.24, 2.45) is 5.92 Å². The molecule has 0 spiro atoms. The van der Waals surface area contributed by atoms with Gasteiger partial charge in [-0.15, -0.1) is 6.42 Å². The highest BCUT2D eigenvalue weighted by Gasteiger charge is 2.32. The third kappa shape index (κ3) is 2.04. The SMILES string of the molecule is C#CCNC1CCC2CCNC1C2. The monoisotopic (exact) mass is 178 g/mol. The van der Waals surface area contributed by atoms with Gasteiger partial charge in [0, 0.05) is 12.1 Å². The molecule has 2 nitrogen and oxygen atoms in total. The molecule has 1 aliphatic carbocycles. The van der Waals surface area contributed by atoms with E-state index in [2.05, 4.69) is 16.6 Å². The molecule has 2 N–H and O–H groups in total. The topological polar surface area (TPSA) is 24.1 Å². The van der Waals surface area contributed by atoms with E-state index in [9.17, 15) is 0 Å². The molecule has 0 amide bonds. The summed E-state index contributed by atoms with van der Waals surface area (Å²) in [4.78, 5) is 0. The first-order chi connectivity index (χ1) is 6.40. The molecule has 0 aromatic rings. The van der Waals surface area contributed by atoms with Crippen LogP contribution in [0.15, 0.2) is 0 Å². The molecule has 1 heterocycles. The van der Waals surface area contributed by atoms with Crippen molar-refractivity contribution in [2.75, 3.05) is 13.1 Å². The fourth-order valence-electron chi connectivity index (χ4n) is 2.65. The number of rotatable bonds is 2. The van der Waals surface area contributed by atoms with Crippen LogP contribution in [0.5, 0.6) is 0 Å². The molecule has 2 rings (SSSR count). The molecule has 2 bridgehead atoms. The van der Waals surface area contributed by atoms with Crippen LogP contribution in [0.2, 0.25) is 0 Å². The summed E-state index contributed by atoms with van der Waals surface area (Å²) >= 11 is 0. The molecular formula is C11H18N2. The first-order valence-electron chi connectivity index (χ1n) is 5.30. The fourth-order valence-corrected chi connectivity index (χ4v) is 2.65. The number of hydrogen-bond acceptors (Lipinski definition) is 2. The van der Waals surface area contributed by atoms with Crippen molar-refractivity contribution < 1.29 is 0 Å². The van der Waals surface area contributed by atoms with Gasteiger partial charge in [-0.05, 0) is 38.1 Å². The molecule has 3 unspecified atom stereocenters. The Kier molecular flexibility index (Phi) is 2.87. The van der Waals surface area contributed by atoms with Gasteiger partial charge in [-0.1, -0.05) is 5.92 Å². The van der Waals surface area contributed by atoms with Gasteiger partial charge in [0.05, 0.1) is 6.54 Å². The second-order valence-corrected chi connectivity index (χ2v) is 4.22. The average Bonchev–Trinajstić information content (AvgIpc) is 2.18. The molecule has 0 radical (unpaired) electrons. The van der Waals surface area contributed by atoms with Crippen molar-refractivity contribution in [2.45, 2.75) is 37.8 Å². The van der Waals surface area contributed by atoms with Crippen LogP contribution in [0.1, 0.15) is 25.7 Å². The molecular weight excluding hydrogens is 160 g/mol. The molecule has 1 aliphatic heterocycles. The molecule has 0 aromatic carbocycles. The number of fused-ring (bicyclic) bond motifs is 2. The van der Waals surface area contributed by atoms with Crippen LogP contribution in [-0.4, -0.2) is 25.2 Å². The number of terminal acetylenes is 1. The molecule has 72 valence electrons. The Morgan fingerprint density at radius 2 is 2.31 bits per heavy atom. The third-order valence-electron chi connectivity index (χ3n) is 3.38. The summed E-state index contributed by atoms with van der Waals surface area (Å²) in [6.07, 6.45) is 10.6. The zero-order chi connectivity index (χ0) is 9.10. The maximum Gasteiger partial charge on any atom is 0.0576 e. The standard InChI is InChI=1S/C11H18N2/c1-2-6-12-10-4-3-9-5-7-13-11(10)8-9/h1,9-13H,3-8H2. The Morgan fingerprint density at radius 3 is 3.15 bits per heavy atom. The number of nitrogens with one attached hydrogen (secondary N) is 2. The molecule has 3 atom stereocenters. The maximum atomic E-state index is 5.24. The van der Waals surface area contributed by atoms with E-state index >= 15 is 0 Å². The highest BCUT2D eigenvalue weighted by Crippen LogP contribution is 2.29. The van der Waals surface area contributed by atoms with Gasteiger partial charge in [0.1, 0.15) is 0 Å². The Labute approximate surface area is 80.5 Å². The van der Waals surface area contributed by atoms with E-state index in [1.54, 1.807) is 0 Å². The first kappa shape index (κ1) is 9.05. The molecule has 1 saturated heterocycles. The summed E-state index contributed by atoms with van der Waals surface area (Å²) in [5, 5.41) is 7.01. The van der Waals surface area contributed by atoms with E-state index in [-0.39, 0.29) is 0 Å². The highest BCUT2D eigenvalue weighted by atomic mass is 15.0. The van der Waals surface area contributed by atoms with Crippen molar-refractivity contribution in [1.82, 2.24) is 10.6 Å². The van der Waals surface area contributed by atoms with Crippen LogP contribution in [-0.2, 0) is 0 Å². The lowest BCUT2D eigenvalue weighted by atomic mass is 9.78. The van der Waals surface area contributed by atoms with Crippen molar-refractivity contribution in [3.63, 3.8) is 0 Å². The maximum absolute atomic E-state index is 5.24. The van der Waals surface area contributed by atoms with Crippen LogP contribution in [0, 0.1) is 18.3 Å². The van der Waals surface area contributed by atoms with Crippen LogP contribution < -0.4 is 10.6 Å². The predicted molar refractivity (Wildman–Crippen MR) is 54.4 cm³/mol. The Morgan fingerprint density at radius 1 is 1.38 bits per heavy atom. The van der Waals surface area contributed by atoms with Gasteiger partial charge in [0.25, 0.3) is 0 Å². The summed E-state index contributed by atoms with van der Waals surface area (Å²) in [6.45, 7) is 1.91. The lowest BCUT2D eigenvalue weighted by Crippen LogP contribution is -2.54. The van der Waals surface area contributed by atoms with Gasteiger partial charge in [-0.25, -0.2) is 0 Å². The second kappa shape index (κ2) is 4.13.